The second-order valence-electron chi connectivity index (χ2n) is 8.74. The van der Waals surface area contributed by atoms with Gasteiger partial charge in [0.2, 0.25) is 0 Å². The van der Waals surface area contributed by atoms with Gasteiger partial charge in [-0.25, -0.2) is 9.78 Å². The van der Waals surface area contributed by atoms with Crippen molar-refractivity contribution < 1.29 is 14.6 Å². The van der Waals surface area contributed by atoms with Gasteiger partial charge < -0.3 is 14.2 Å². The Morgan fingerprint density at radius 1 is 1.09 bits per heavy atom. The number of carboxylic acid groups (broad SMARTS) is 1. The van der Waals surface area contributed by atoms with Gasteiger partial charge in [0, 0.05) is 11.9 Å². The minimum atomic E-state index is -0.941. The average molecular weight is 443 g/mol. The summed E-state index contributed by atoms with van der Waals surface area (Å²) in [6.45, 7) is 8.74. The van der Waals surface area contributed by atoms with Crippen LogP contribution in [0, 0.1) is 12.8 Å². The molecule has 0 radical (unpaired) electrons. The molecule has 0 aliphatic heterocycles. The molecule has 2 aromatic heterocycles. The molecule has 0 aliphatic carbocycles. The summed E-state index contributed by atoms with van der Waals surface area (Å²) in [6, 6.07) is 19.4. The zero-order valence-corrected chi connectivity index (χ0v) is 19.6. The highest BCUT2D eigenvalue weighted by Gasteiger charge is 2.21. The maximum atomic E-state index is 12.1. The molecule has 1 N–H and O–H groups in total. The third kappa shape index (κ3) is 4.69. The van der Waals surface area contributed by atoms with E-state index in [2.05, 4.69) is 50.4 Å². The molecule has 4 rings (SSSR count). The second kappa shape index (κ2) is 9.59. The zero-order chi connectivity index (χ0) is 23.5. The first-order chi connectivity index (χ1) is 15.9. The minimum Gasteiger partial charge on any atom is -0.478 e. The van der Waals surface area contributed by atoms with E-state index in [9.17, 15) is 9.90 Å². The standard InChI is InChI=1S/C28H30N2O3/c1-5-22-16-30-23(13-11-19(4)27(30)29-22)17-33-26(18(2)3)21-12-14-24(25(15-21)28(31)32)20-9-7-6-8-10-20/h6-16,18,26H,5,17H2,1-4H3,(H,31,32). The van der Waals surface area contributed by atoms with E-state index < -0.39 is 5.97 Å². The van der Waals surface area contributed by atoms with Crippen molar-refractivity contribution in [2.24, 2.45) is 5.92 Å². The van der Waals surface area contributed by atoms with Gasteiger partial charge >= 0.3 is 5.97 Å². The molecule has 0 aliphatic rings. The van der Waals surface area contributed by atoms with Crippen LogP contribution in [0.25, 0.3) is 16.8 Å². The van der Waals surface area contributed by atoms with Crippen LogP contribution in [0.15, 0.2) is 66.9 Å². The van der Waals surface area contributed by atoms with Crippen LogP contribution in [0.2, 0.25) is 0 Å². The van der Waals surface area contributed by atoms with Crippen LogP contribution in [-0.2, 0) is 17.8 Å². The normalized spacial score (nSPS) is 12.4. The number of nitrogens with zero attached hydrogens (tertiary/aromatic N) is 2. The van der Waals surface area contributed by atoms with E-state index in [1.54, 1.807) is 6.07 Å². The predicted octanol–water partition coefficient (Wildman–Crippen LogP) is 6.48. The lowest BCUT2D eigenvalue weighted by Gasteiger charge is -2.23. The fourth-order valence-electron chi connectivity index (χ4n) is 4.22. The van der Waals surface area contributed by atoms with Crippen LogP contribution in [0.5, 0.6) is 0 Å². The highest BCUT2D eigenvalue weighted by atomic mass is 16.5. The molecule has 0 spiro atoms. The van der Waals surface area contributed by atoms with E-state index in [1.165, 1.54) is 0 Å². The molecule has 0 saturated heterocycles. The number of carbonyl (C=O) groups is 1. The first kappa shape index (κ1) is 22.7. The number of fused-ring (bicyclic) bond motifs is 1. The first-order valence-electron chi connectivity index (χ1n) is 11.4. The van der Waals surface area contributed by atoms with Crippen molar-refractivity contribution in [1.82, 2.24) is 9.38 Å². The third-order valence-corrected chi connectivity index (χ3v) is 6.01. The van der Waals surface area contributed by atoms with Crippen molar-refractivity contribution >= 4 is 11.6 Å². The average Bonchev–Trinajstić information content (AvgIpc) is 3.26. The summed E-state index contributed by atoms with van der Waals surface area (Å²) < 4.78 is 8.51. The Labute approximate surface area is 194 Å². The van der Waals surface area contributed by atoms with Gasteiger partial charge in [-0.3, -0.25) is 0 Å². The molecule has 33 heavy (non-hydrogen) atoms. The smallest absolute Gasteiger partial charge is 0.336 e. The molecular weight excluding hydrogens is 412 g/mol. The Kier molecular flexibility index (Phi) is 6.61. The van der Waals surface area contributed by atoms with Crippen molar-refractivity contribution in [2.75, 3.05) is 0 Å². The number of aromatic carboxylic acids is 1. The number of carboxylic acids is 1. The van der Waals surface area contributed by atoms with Crippen LogP contribution >= 0.6 is 0 Å². The fourth-order valence-corrected chi connectivity index (χ4v) is 4.22. The summed E-state index contributed by atoms with van der Waals surface area (Å²) >= 11 is 0. The van der Waals surface area contributed by atoms with Crippen LogP contribution in [-0.4, -0.2) is 20.5 Å². The monoisotopic (exact) mass is 442 g/mol. The van der Waals surface area contributed by atoms with Gasteiger partial charge in [-0.2, -0.15) is 0 Å². The third-order valence-electron chi connectivity index (χ3n) is 6.01. The second-order valence-corrected chi connectivity index (χ2v) is 8.74. The number of hydrogen-bond donors (Lipinski definition) is 1. The van der Waals surface area contributed by atoms with Crippen molar-refractivity contribution in [1.29, 1.82) is 0 Å². The van der Waals surface area contributed by atoms with Gasteiger partial charge in [0.1, 0.15) is 5.65 Å². The van der Waals surface area contributed by atoms with Crippen molar-refractivity contribution in [3.8, 4) is 11.1 Å². The van der Waals surface area contributed by atoms with Crippen LogP contribution in [0.3, 0.4) is 0 Å². The number of aryl methyl sites for hydroxylation is 2. The van der Waals surface area contributed by atoms with E-state index in [4.69, 9.17) is 9.72 Å². The fraction of sp³-hybridized carbons (Fsp3) is 0.286. The number of pyridine rings is 1. The number of aromatic nitrogens is 2. The highest BCUT2D eigenvalue weighted by Crippen LogP contribution is 2.32. The van der Waals surface area contributed by atoms with E-state index in [-0.39, 0.29) is 17.6 Å². The van der Waals surface area contributed by atoms with E-state index in [0.717, 1.165) is 40.1 Å². The Hall–Kier alpha value is -3.44. The molecule has 5 heteroatoms. The molecule has 4 aromatic rings. The molecule has 1 unspecified atom stereocenters. The maximum Gasteiger partial charge on any atom is 0.336 e. The van der Waals surface area contributed by atoms with Gasteiger partial charge in [-0.1, -0.05) is 69.3 Å². The summed E-state index contributed by atoms with van der Waals surface area (Å²) in [4.78, 5) is 16.8. The number of benzene rings is 2. The molecule has 170 valence electrons. The lowest BCUT2D eigenvalue weighted by molar-refractivity contribution is 0.00691. The van der Waals surface area contributed by atoms with E-state index in [0.29, 0.717) is 12.2 Å². The van der Waals surface area contributed by atoms with Gasteiger partial charge in [0.25, 0.3) is 0 Å². The Morgan fingerprint density at radius 2 is 1.85 bits per heavy atom. The number of ether oxygens (including phenoxy) is 1. The largest absolute Gasteiger partial charge is 0.478 e. The molecule has 5 nitrogen and oxygen atoms in total. The molecule has 0 saturated carbocycles. The van der Waals surface area contributed by atoms with Crippen LogP contribution < -0.4 is 0 Å². The maximum absolute atomic E-state index is 12.1. The summed E-state index contributed by atoms with van der Waals surface area (Å²) in [7, 11) is 0. The highest BCUT2D eigenvalue weighted by molar-refractivity contribution is 5.96. The predicted molar refractivity (Wildman–Crippen MR) is 131 cm³/mol. The van der Waals surface area contributed by atoms with Crippen LogP contribution in [0.4, 0.5) is 0 Å². The van der Waals surface area contributed by atoms with E-state index in [1.807, 2.05) is 42.5 Å². The van der Waals surface area contributed by atoms with Crippen LogP contribution in [0.1, 0.15) is 59.7 Å². The van der Waals surface area contributed by atoms with Gasteiger partial charge in [-0.15, -0.1) is 0 Å². The molecule has 2 aromatic carbocycles. The van der Waals surface area contributed by atoms with Crippen molar-refractivity contribution in [2.45, 2.75) is 46.8 Å². The number of rotatable bonds is 8. The topological polar surface area (TPSA) is 63.8 Å². The van der Waals surface area contributed by atoms with E-state index >= 15 is 0 Å². The lowest BCUT2D eigenvalue weighted by Crippen LogP contribution is -2.14. The molecule has 1 atom stereocenters. The molecule has 0 amide bonds. The van der Waals surface area contributed by atoms with Crippen molar-refractivity contribution in [3.05, 3.63) is 94.9 Å². The Morgan fingerprint density at radius 3 is 2.52 bits per heavy atom. The quantitative estimate of drug-likeness (QED) is 0.339. The molecular formula is C28H30N2O3. The summed E-state index contributed by atoms with van der Waals surface area (Å²) in [5.74, 6) is -0.770. The molecule has 2 heterocycles. The van der Waals surface area contributed by atoms with Gasteiger partial charge in [-0.05, 0) is 53.6 Å². The SMILES string of the molecule is CCc1cn2c(COC(c3ccc(-c4ccccc4)c(C(=O)O)c3)C(C)C)ccc(C)c2n1. The Bertz CT molecular complexity index is 1280. The minimum absolute atomic E-state index is 0.171. The number of imidazole rings is 1. The summed E-state index contributed by atoms with van der Waals surface area (Å²) in [5.41, 5.74) is 6.90. The zero-order valence-electron chi connectivity index (χ0n) is 19.6. The number of hydrogen-bond acceptors (Lipinski definition) is 3. The first-order valence-corrected chi connectivity index (χ1v) is 11.4. The van der Waals surface area contributed by atoms with Crippen molar-refractivity contribution in [3.63, 3.8) is 0 Å². The van der Waals surface area contributed by atoms with Gasteiger partial charge in [0.15, 0.2) is 0 Å². The summed E-state index contributed by atoms with van der Waals surface area (Å²) in [5, 5.41) is 9.90. The molecule has 0 fully saturated rings. The van der Waals surface area contributed by atoms with Gasteiger partial charge in [0.05, 0.1) is 24.0 Å². The summed E-state index contributed by atoms with van der Waals surface area (Å²) in [6.07, 6.45) is 2.71. The molecule has 0 bridgehead atoms. The lowest BCUT2D eigenvalue weighted by atomic mass is 9.92. The Balaban J connectivity index is 1.65.